The molecule has 1 saturated heterocycles. The molecule has 0 aromatic rings. The van der Waals surface area contributed by atoms with Crippen LogP contribution in [0.3, 0.4) is 0 Å². The van der Waals surface area contributed by atoms with E-state index in [1.165, 1.54) is 7.05 Å². The minimum Gasteiger partial charge on any atom is -0.481 e. The molecule has 0 unspecified atom stereocenters. The molecule has 1 aliphatic heterocycles. The fraction of sp³-hybridized carbons (Fsp3) is 0.900. The number of aliphatic carboxylic acids is 1. The quantitative estimate of drug-likeness (QED) is 0.824. The first-order chi connectivity index (χ1) is 7.75. The van der Waals surface area contributed by atoms with E-state index in [1.54, 1.807) is 0 Å². The zero-order valence-electron chi connectivity index (χ0n) is 9.59. The van der Waals surface area contributed by atoms with Gasteiger partial charge in [0.25, 0.3) is 0 Å². The number of hydrogen-bond donors (Lipinski definition) is 1. The molecule has 4 nitrogen and oxygen atoms in total. The topological polar surface area (TPSA) is 49.8 Å². The van der Waals surface area contributed by atoms with Crippen LogP contribution in [0, 0.1) is 5.41 Å². The molecule has 1 fully saturated rings. The Balaban J connectivity index is 2.64. The predicted octanol–water partition coefficient (Wildman–Crippen LogP) is 1.36. The van der Waals surface area contributed by atoms with E-state index < -0.39 is 24.1 Å². The Bertz CT molecular complexity index is 274. The van der Waals surface area contributed by atoms with Crippen LogP contribution in [0.25, 0.3) is 0 Å². The molecule has 1 heterocycles. The predicted molar refractivity (Wildman–Crippen MR) is 53.7 cm³/mol. The molecule has 1 rings (SSSR count). The minimum absolute atomic E-state index is 0.106. The van der Waals surface area contributed by atoms with Gasteiger partial charge in [-0.15, -0.1) is 0 Å². The number of carbonyl (C=O) groups is 1. The molecular formula is C10H16F3NO3. The van der Waals surface area contributed by atoms with Gasteiger partial charge >= 0.3 is 12.1 Å². The van der Waals surface area contributed by atoms with Crippen molar-refractivity contribution in [1.82, 2.24) is 4.90 Å². The normalized spacial score (nSPS) is 20.5. The van der Waals surface area contributed by atoms with E-state index in [9.17, 15) is 23.1 Å². The van der Waals surface area contributed by atoms with Crippen LogP contribution in [0.15, 0.2) is 0 Å². The molecule has 0 radical (unpaired) electrons. The Morgan fingerprint density at radius 1 is 1.41 bits per heavy atom. The average Bonchev–Trinajstić information content (AvgIpc) is 2.15. The highest BCUT2D eigenvalue weighted by Crippen LogP contribution is 2.32. The van der Waals surface area contributed by atoms with Gasteiger partial charge in [-0.05, 0) is 19.9 Å². The maximum atomic E-state index is 12.2. The SMILES string of the molecule is CN(CC(F)(F)F)CC1(C(=O)O)CCOCC1. The Labute approximate surface area is 97.3 Å². The van der Waals surface area contributed by atoms with Crippen molar-refractivity contribution in [1.29, 1.82) is 0 Å². The monoisotopic (exact) mass is 255 g/mol. The molecule has 17 heavy (non-hydrogen) atoms. The molecule has 0 spiro atoms. The summed E-state index contributed by atoms with van der Waals surface area (Å²) in [6.07, 6.45) is -3.80. The van der Waals surface area contributed by atoms with Crippen molar-refractivity contribution in [2.75, 3.05) is 33.4 Å². The van der Waals surface area contributed by atoms with Crippen LogP contribution >= 0.6 is 0 Å². The summed E-state index contributed by atoms with van der Waals surface area (Å²) in [5, 5.41) is 9.17. The summed E-state index contributed by atoms with van der Waals surface area (Å²) in [6.45, 7) is -0.633. The largest absolute Gasteiger partial charge is 0.481 e. The Morgan fingerprint density at radius 2 is 1.94 bits per heavy atom. The first-order valence-corrected chi connectivity index (χ1v) is 5.32. The average molecular weight is 255 g/mol. The molecule has 0 aromatic carbocycles. The first-order valence-electron chi connectivity index (χ1n) is 5.32. The van der Waals surface area contributed by atoms with Crippen molar-refractivity contribution in [3.63, 3.8) is 0 Å². The lowest BCUT2D eigenvalue weighted by atomic mass is 9.80. The summed E-state index contributed by atoms with van der Waals surface area (Å²) in [5.41, 5.74) is -1.11. The molecule has 1 aliphatic rings. The third-order valence-corrected chi connectivity index (χ3v) is 2.93. The van der Waals surface area contributed by atoms with Crippen molar-refractivity contribution in [3.8, 4) is 0 Å². The van der Waals surface area contributed by atoms with E-state index in [0.29, 0.717) is 0 Å². The fourth-order valence-electron chi connectivity index (χ4n) is 2.08. The zero-order valence-corrected chi connectivity index (χ0v) is 9.59. The van der Waals surface area contributed by atoms with Crippen LogP contribution in [0.5, 0.6) is 0 Å². The third kappa shape index (κ3) is 4.16. The number of carboxylic acids is 1. The van der Waals surface area contributed by atoms with E-state index in [0.717, 1.165) is 4.90 Å². The second-order valence-corrected chi connectivity index (χ2v) is 4.49. The maximum Gasteiger partial charge on any atom is 0.401 e. The summed E-state index contributed by atoms with van der Waals surface area (Å²) in [5.74, 6) is -1.05. The highest BCUT2D eigenvalue weighted by Gasteiger charge is 2.42. The van der Waals surface area contributed by atoms with Gasteiger partial charge in [-0.2, -0.15) is 13.2 Å². The van der Waals surface area contributed by atoms with Crippen molar-refractivity contribution in [3.05, 3.63) is 0 Å². The van der Waals surface area contributed by atoms with Gasteiger partial charge in [0.1, 0.15) is 0 Å². The maximum absolute atomic E-state index is 12.2. The molecule has 1 N–H and O–H groups in total. The standard InChI is InChI=1S/C10H16F3NO3/c1-14(7-10(11,12)13)6-9(8(15)16)2-4-17-5-3-9/h2-7H2,1H3,(H,15,16). The van der Waals surface area contributed by atoms with Gasteiger partial charge < -0.3 is 9.84 Å². The lowest BCUT2D eigenvalue weighted by Gasteiger charge is -2.36. The minimum atomic E-state index is -4.31. The van der Waals surface area contributed by atoms with Crippen LogP contribution in [0.1, 0.15) is 12.8 Å². The fourth-order valence-corrected chi connectivity index (χ4v) is 2.08. The molecule has 0 aromatic heterocycles. The highest BCUT2D eigenvalue weighted by atomic mass is 19.4. The second kappa shape index (κ2) is 5.22. The van der Waals surface area contributed by atoms with Crippen molar-refractivity contribution in [2.45, 2.75) is 19.0 Å². The summed E-state index contributed by atoms with van der Waals surface area (Å²) in [4.78, 5) is 12.2. The van der Waals surface area contributed by atoms with Crippen LogP contribution in [0.2, 0.25) is 0 Å². The van der Waals surface area contributed by atoms with Crippen LogP contribution in [-0.2, 0) is 9.53 Å². The molecular weight excluding hydrogens is 239 g/mol. The number of halogens is 3. The van der Waals surface area contributed by atoms with E-state index in [1.807, 2.05) is 0 Å². The number of hydrogen-bond acceptors (Lipinski definition) is 3. The summed E-state index contributed by atoms with van der Waals surface area (Å²) < 4.78 is 41.6. The van der Waals surface area contributed by atoms with Crippen LogP contribution in [0.4, 0.5) is 13.2 Å². The molecule has 7 heteroatoms. The Morgan fingerprint density at radius 3 is 2.35 bits per heavy atom. The Kier molecular flexibility index (Phi) is 4.37. The van der Waals surface area contributed by atoms with Crippen molar-refractivity contribution < 1.29 is 27.8 Å². The van der Waals surface area contributed by atoms with Gasteiger partial charge in [0, 0.05) is 19.8 Å². The van der Waals surface area contributed by atoms with Gasteiger partial charge in [-0.1, -0.05) is 0 Å². The van der Waals surface area contributed by atoms with Gasteiger partial charge in [0.15, 0.2) is 0 Å². The summed E-state index contributed by atoms with van der Waals surface area (Å²) >= 11 is 0. The molecule has 0 bridgehead atoms. The second-order valence-electron chi connectivity index (χ2n) is 4.49. The highest BCUT2D eigenvalue weighted by molar-refractivity contribution is 5.75. The number of rotatable bonds is 4. The summed E-state index contributed by atoms with van der Waals surface area (Å²) in [7, 11) is 1.29. The van der Waals surface area contributed by atoms with Crippen LogP contribution in [-0.4, -0.2) is 55.5 Å². The molecule has 0 saturated carbocycles. The molecule has 0 aliphatic carbocycles. The van der Waals surface area contributed by atoms with Crippen molar-refractivity contribution in [2.24, 2.45) is 5.41 Å². The number of alkyl halides is 3. The van der Waals surface area contributed by atoms with Crippen molar-refractivity contribution >= 4 is 5.97 Å². The zero-order chi connectivity index (χ0) is 13.1. The molecule has 0 atom stereocenters. The van der Waals surface area contributed by atoms with Gasteiger partial charge in [0.2, 0.25) is 0 Å². The van der Waals surface area contributed by atoms with E-state index >= 15 is 0 Å². The number of nitrogens with zero attached hydrogens (tertiary/aromatic N) is 1. The van der Waals surface area contributed by atoms with Gasteiger partial charge in [0.05, 0.1) is 12.0 Å². The molecule has 100 valence electrons. The van der Waals surface area contributed by atoms with E-state index in [2.05, 4.69) is 0 Å². The first kappa shape index (κ1) is 14.2. The van der Waals surface area contributed by atoms with Gasteiger partial charge in [-0.3, -0.25) is 9.69 Å². The lowest BCUT2D eigenvalue weighted by Crippen LogP contribution is -2.47. The smallest absolute Gasteiger partial charge is 0.401 e. The van der Waals surface area contributed by atoms with E-state index in [-0.39, 0.29) is 32.6 Å². The number of carboxylic acid groups (broad SMARTS) is 1. The summed E-state index contributed by atoms with van der Waals surface area (Å²) in [6, 6.07) is 0. The number of ether oxygens (including phenoxy) is 1. The Hall–Kier alpha value is -0.820. The lowest BCUT2D eigenvalue weighted by molar-refractivity contribution is -0.164. The molecule has 0 amide bonds. The van der Waals surface area contributed by atoms with Crippen LogP contribution < -0.4 is 0 Å². The van der Waals surface area contributed by atoms with Gasteiger partial charge in [-0.25, -0.2) is 0 Å². The third-order valence-electron chi connectivity index (χ3n) is 2.93. The van der Waals surface area contributed by atoms with E-state index in [4.69, 9.17) is 4.74 Å².